The number of nitrogens with zero attached hydrogens (tertiary/aromatic N) is 2. The van der Waals surface area contributed by atoms with Gasteiger partial charge >= 0.3 is 0 Å². The van der Waals surface area contributed by atoms with Crippen LogP contribution in [-0.4, -0.2) is 56.8 Å². The Morgan fingerprint density at radius 2 is 1.68 bits per heavy atom. The van der Waals surface area contributed by atoms with Gasteiger partial charge in [0.05, 0.1) is 4.90 Å². The van der Waals surface area contributed by atoms with Crippen molar-refractivity contribution in [2.24, 2.45) is 0 Å². The average Bonchev–Trinajstić information content (AvgIpc) is 2.74. The van der Waals surface area contributed by atoms with Crippen LogP contribution in [0.5, 0.6) is 0 Å². The van der Waals surface area contributed by atoms with E-state index >= 15 is 0 Å². The first-order chi connectivity index (χ1) is 14.7. The summed E-state index contributed by atoms with van der Waals surface area (Å²) < 4.78 is 27.1. The summed E-state index contributed by atoms with van der Waals surface area (Å²) in [5, 5.41) is 0. The molecule has 6 nitrogen and oxygen atoms in total. The van der Waals surface area contributed by atoms with Crippen molar-refractivity contribution < 1.29 is 13.2 Å². The van der Waals surface area contributed by atoms with Crippen LogP contribution in [-0.2, 0) is 16.6 Å². The molecule has 0 spiro atoms. The van der Waals surface area contributed by atoms with Gasteiger partial charge in [0, 0.05) is 44.8 Å². The highest BCUT2D eigenvalue weighted by Gasteiger charge is 2.25. The number of carbonyl (C=O) groups excluding carboxylic acids is 1. The van der Waals surface area contributed by atoms with Gasteiger partial charge < -0.3 is 4.90 Å². The monoisotopic (exact) mass is 443 g/mol. The number of hydrogen-bond acceptors (Lipinski definition) is 4. The highest BCUT2D eigenvalue weighted by Crippen LogP contribution is 2.20. The van der Waals surface area contributed by atoms with Crippen LogP contribution in [0, 0.1) is 6.92 Å². The van der Waals surface area contributed by atoms with Gasteiger partial charge in [0.15, 0.2) is 0 Å². The molecule has 0 unspecified atom stereocenters. The third kappa shape index (κ3) is 5.73. The Morgan fingerprint density at radius 3 is 2.26 bits per heavy atom. The van der Waals surface area contributed by atoms with Crippen molar-refractivity contribution in [1.82, 2.24) is 14.5 Å². The van der Waals surface area contributed by atoms with Crippen LogP contribution in [0.15, 0.2) is 47.4 Å². The van der Waals surface area contributed by atoms with Crippen LogP contribution in [0.3, 0.4) is 0 Å². The number of piperazine rings is 1. The summed E-state index contributed by atoms with van der Waals surface area (Å²) >= 11 is 0. The lowest BCUT2D eigenvalue weighted by Gasteiger charge is -2.35. The molecule has 0 bridgehead atoms. The molecule has 0 radical (unpaired) electrons. The zero-order chi connectivity index (χ0) is 22.6. The molecule has 1 N–H and O–H groups in total. The number of aryl methyl sites for hydroxylation is 1. The first-order valence-corrected chi connectivity index (χ1v) is 12.4. The third-order valence-corrected chi connectivity index (χ3v) is 7.34. The summed E-state index contributed by atoms with van der Waals surface area (Å²) in [5.41, 5.74) is 3.86. The minimum atomic E-state index is -3.59. The smallest absolute Gasteiger partial charge is 0.254 e. The van der Waals surface area contributed by atoms with Crippen molar-refractivity contribution in [2.75, 3.05) is 32.7 Å². The van der Waals surface area contributed by atoms with Gasteiger partial charge in [0.1, 0.15) is 0 Å². The van der Waals surface area contributed by atoms with Crippen molar-refractivity contribution in [3.63, 3.8) is 0 Å². The van der Waals surface area contributed by atoms with Gasteiger partial charge in [-0.25, -0.2) is 13.1 Å². The molecular formula is C24H33N3O3S. The summed E-state index contributed by atoms with van der Waals surface area (Å²) in [4.78, 5) is 17.4. The fourth-order valence-electron chi connectivity index (χ4n) is 3.82. The Kier molecular flexibility index (Phi) is 7.51. The van der Waals surface area contributed by atoms with Crippen LogP contribution < -0.4 is 4.72 Å². The van der Waals surface area contributed by atoms with Gasteiger partial charge in [0.25, 0.3) is 5.91 Å². The van der Waals surface area contributed by atoms with Gasteiger partial charge in [-0.15, -0.1) is 0 Å². The second-order valence-corrected chi connectivity index (χ2v) is 10.2. The fraction of sp³-hybridized carbons (Fsp3) is 0.458. The molecular weight excluding hydrogens is 410 g/mol. The van der Waals surface area contributed by atoms with Crippen molar-refractivity contribution in [1.29, 1.82) is 0 Å². The Morgan fingerprint density at radius 1 is 1.03 bits per heavy atom. The molecule has 0 atom stereocenters. The lowest BCUT2D eigenvalue weighted by atomic mass is 10.0. The first kappa shape index (κ1) is 23.4. The highest BCUT2D eigenvalue weighted by atomic mass is 32.2. The Balaban J connectivity index is 1.63. The van der Waals surface area contributed by atoms with E-state index in [0.29, 0.717) is 31.1 Å². The van der Waals surface area contributed by atoms with Crippen LogP contribution in [0.2, 0.25) is 0 Å². The molecule has 1 aliphatic rings. The van der Waals surface area contributed by atoms with E-state index in [1.807, 2.05) is 11.8 Å². The Bertz CT molecular complexity index is 1010. The molecule has 1 fully saturated rings. The quantitative estimate of drug-likeness (QED) is 0.712. The van der Waals surface area contributed by atoms with Crippen molar-refractivity contribution in [3.8, 4) is 0 Å². The zero-order valence-electron chi connectivity index (χ0n) is 18.9. The lowest BCUT2D eigenvalue weighted by molar-refractivity contribution is 0.0627. The second-order valence-electron chi connectivity index (χ2n) is 8.44. The molecule has 0 aromatic heterocycles. The number of benzene rings is 2. The molecule has 168 valence electrons. The molecule has 3 rings (SSSR count). The van der Waals surface area contributed by atoms with Crippen LogP contribution in [0.4, 0.5) is 0 Å². The number of rotatable bonds is 7. The van der Waals surface area contributed by atoms with Gasteiger partial charge in [-0.3, -0.25) is 9.69 Å². The normalized spacial score (nSPS) is 15.5. The average molecular weight is 444 g/mol. The van der Waals surface area contributed by atoms with Crippen molar-refractivity contribution in [2.45, 2.75) is 45.1 Å². The van der Waals surface area contributed by atoms with E-state index in [-0.39, 0.29) is 10.8 Å². The zero-order valence-corrected chi connectivity index (χ0v) is 19.7. The number of hydrogen-bond donors (Lipinski definition) is 1. The number of carbonyl (C=O) groups is 1. The number of amides is 1. The van der Waals surface area contributed by atoms with Gasteiger partial charge in [-0.2, -0.15) is 0 Å². The highest BCUT2D eigenvalue weighted by molar-refractivity contribution is 7.89. The van der Waals surface area contributed by atoms with Crippen molar-refractivity contribution in [3.05, 3.63) is 64.7 Å². The molecule has 0 aliphatic carbocycles. The maximum atomic E-state index is 13.1. The summed E-state index contributed by atoms with van der Waals surface area (Å²) in [6.45, 7) is 12.0. The summed E-state index contributed by atoms with van der Waals surface area (Å²) in [6.07, 6.45) is 0. The van der Waals surface area contributed by atoms with E-state index in [1.54, 1.807) is 19.1 Å². The predicted molar refractivity (Wildman–Crippen MR) is 124 cm³/mol. The molecule has 1 saturated heterocycles. The van der Waals surface area contributed by atoms with Crippen LogP contribution in [0.1, 0.15) is 53.7 Å². The van der Waals surface area contributed by atoms with E-state index in [2.05, 4.69) is 47.7 Å². The predicted octanol–water partition coefficient (Wildman–Crippen LogP) is 3.37. The van der Waals surface area contributed by atoms with E-state index in [1.165, 1.54) is 17.2 Å². The molecule has 1 heterocycles. The second kappa shape index (κ2) is 9.94. The molecule has 1 aliphatic heterocycles. The van der Waals surface area contributed by atoms with Gasteiger partial charge in [-0.05, 0) is 41.7 Å². The van der Waals surface area contributed by atoms with E-state index in [9.17, 15) is 13.2 Å². The first-order valence-electron chi connectivity index (χ1n) is 10.9. The van der Waals surface area contributed by atoms with Crippen LogP contribution in [0.25, 0.3) is 0 Å². The molecule has 7 heteroatoms. The molecule has 31 heavy (non-hydrogen) atoms. The summed E-state index contributed by atoms with van der Waals surface area (Å²) in [7, 11) is -3.59. The summed E-state index contributed by atoms with van der Waals surface area (Å²) in [6, 6.07) is 13.5. The Hall–Kier alpha value is -2.22. The number of sulfonamides is 1. The van der Waals surface area contributed by atoms with E-state index in [4.69, 9.17) is 0 Å². The standard InChI is InChI=1S/C24H33N3O3S/c1-5-25-31(29,30)22-11-6-19(4)23(16-22)24(28)27-14-12-26(13-15-27)17-20-7-9-21(10-8-20)18(2)3/h6-11,16,18,25H,5,12-15,17H2,1-4H3. The molecule has 0 saturated carbocycles. The molecule has 2 aromatic rings. The Labute approximate surface area is 186 Å². The van der Waals surface area contributed by atoms with Gasteiger partial charge in [-0.1, -0.05) is 51.1 Å². The largest absolute Gasteiger partial charge is 0.336 e. The third-order valence-electron chi connectivity index (χ3n) is 5.80. The minimum absolute atomic E-state index is 0.105. The maximum absolute atomic E-state index is 13.1. The van der Waals surface area contributed by atoms with Crippen molar-refractivity contribution >= 4 is 15.9 Å². The summed E-state index contributed by atoms with van der Waals surface area (Å²) in [5.74, 6) is 0.422. The van der Waals surface area contributed by atoms with Gasteiger partial charge in [0.2, 0.25) is 10.0 Å². The molecule has 1 amide bonds. The molecule has 2 aromatic carbocycles. The minimum Gasteiger partial charge on any atom is -0.336 e. The SMILES string of the molecule is CCNS(=O)(=O)c1ccc(C)c(C(=O)N2CCN(Cc3ccc(C(C)C)cc3)CC2)c1. The fourth-order valence-corrected chi connectivity index (χ4v) is 4.88. The van der Waals surface area contributed by atoms with Crippen LogP contribution >= 0.6 is 0 Å². The lowest BCUT2D eigenvalue weighted by Crippen LogP contribution is -2.48. The van der Waals surface area contributed by atoms with E-state index in [0.717, 1.165) is 25.2 Å². The van der Waals surface area contributed by atoms with E-state index < -0.39 is 10.0 Å². The topological polar surface area (TPSA) is 69.7 Å². The maximum Gasteiger partial charge on any atom is 0.254 e. The number of nitrogens with one attached hydrogen (secondary N) is 1.